The van der Waals surface area contributed by atoms with Crippen LogP contribution in [-0.2, 0) is 4.74 Å². The fourth-order valence-electron chi connectivity index (χ4n) is 4.21. The Morgan fingerprint density at radius 1 is 1.18 bits per heavy atom. The smallest absolute Gasteiger partial charge is 0.273 e. The number of ether oxygens (including phenoxy) is 1. The Labute approximate surface area is 231 Å². The maximum Gasteiger partial charge on any atom is 0.273 e. The van der Waals surface area contributed by atoms with Crippen LogP contribution in [0.15, 0.2) is 30.5 Å². The standard InChI is InChI=1S/C26H32ClFN8O3/c1-4-39-12-7-30-26(38)21-15-36(33-32-21)17-5-6-22(35-10-8-34(3)9-11-35)20(13-17)31-25(37)18-14-19(29)24(28)16(2)23(18)27/h5-6,13-15H,4,7-12,29H2,1-3H3,(H,30,38)(H,31,37). The number of nitrogens with zero attached hydrogens (tertiary/aromatic N) is 5. The lowest BCUT2D eigenvalue weighted by atomic mass is 10.1. The molecule has 2 heterocycles. The fourth-order valence-corrected chi connectivity index (χ4v) is 4.43. The summed E-state index contributed by atoms with van der Waals surface area (Å²) in [6, 6.07) is 6.69. The predicted molar refractivity (Wildman–Crippen MR) is 148 cm³/mol. The zero-order valence-corrected chi connectivity index (χ0v) is 22.9. The van der Waals surface area contributed by atoms with Crippen LogP contribution in [0, 0.1) is 12.7 Å². The molecule has 1 saturated heterocycles. The first-order valence-electron chi connectivity index (χ1n) is 12.6. The number of hydrogen-bond donors (Lipinski definition) is 3. The van der Waals surface area contributed by atoms with Gasteiger partial charge in [0.1, 0.15) is 0 Å². The van der Waals surface area contributed by atoms with E-state index in [0.717, 1.165) is 31.9 Å². The Kier molecular flexibility index (Phi) is 9.00. The van der Waals surface area contributed by atoms with Crippen LogP contribution in [0.5, 0.6) is 0 Å². The molecule has 4 N–H and O–H groups in total. The molecule has 0 radical (unpaired) electrons. The first-order valence-corrected chi connectivity index (χ1v) is 13.0. The highest BCUT2D eigenvalue weighted by Crippen LogP contribution is 2.32. The number of amides is 2. The van der Waals surface area contributed by atoms with Crippen molar-refractivity contribution in [3.63, 3.8) is 0 Å². The molecule has 1 aliphatic heterocycles. The highest BCUT2D eigenvalue weighted by molar-refractivity contribution is 6.35. The Hall–Kier alpha value is -3.74. The Balaban J connectivity index is 1.63. The van der Waals surface area contributed by atoms with Crippen molar-refractivity contribution in [3.8, 4) is 5.69 Å². The van der Waals surface area contributed by atoms with Crippen molar-refractivity contribution in [3.05, 3.63) is 58.1 Å². The Morgan fingerprint density at radius 3 is 2.64 bits per heavy atom. The van der Waals surface area contributed by atoms with E-state index in [1.54, 1.807) is 6.07 Å². The summed E-state index contributed by atoms with van der Waals surface area (Å²) in [4.78, 5) is 30.1. The minimum atomic E-state index is -0.652. The van der Waals surface area contributed by atoms with Crippen LogP contribution >= 0.6 is 11.6 Å². The summed E-state index contributed by atoms with van der Waals surface area (Å²) >= 11 is 6.31. The van der Waals surface area contributed by atoms with Gasteiger partial charge in [0.25, 0.3) is 11.8 Å². The van der Waals surface area contributed by atoms with E-state index in [2.05, 4.69) is 37.8 Å². The molecule has 13 heteroatoms. The third kappa shape index (κ3) is 6.47. The van der Waals surface area contributed by atoms with E-state index in [1.807, 2.05) is 19.1 Å². The van der Waals surface area contributed by atoms with Crippen LogP contribution < -0.4 is 21.3 Å². The number of anilines is 3. The van der Waals surface area contributed by atoms with Gasteiger partial charge < -0.3 is 30.9 Å². The van der Waals surface area contributed by atoms with E-state index in [9.17, 15) is 14.0 Å². The van der Waals surface area contributed by atoms with Gasteiger partial charge in [-0.05, 0) is 45.2 Å². The van der Waals surface area contributed by atoms with Crippen molar-refractivity contribution >= 4 is 40.5 Å². The minimum Gasteiger partial charge on any atom is -0.396 e. The number of nitrogens with one attached hydrogen (secondary N) is 2. The topological polar surface area (TPSA) is 131 Å². The molecule has 1 fully saturated rings. The number of benzene rings is 2. The van der Waals surface area contributed by atoms with E-state index in [1.165, 1.54) is 23.9 Å². The molecule has 3 aromatic rings. The first-order chi connectivity index (χ1) is 18.7. The van der Waals surface area contributed by atoms with E-state index >= 15 is 0 Å². The second-order valence-corrected chi connectivity index (χ2v) is 9.59. The Bertz CT molecular complexity index is 1360. The average Bonchev–Trinajstić information content (AvgIpc) is 3.43. The number of carbonyl (C=O) groups is 2. The summed E-state index contributed by atoms with van der Waals surface area (Å²) in [7, 11) is 2.06. The second kappa shape index (κ2) is 12.4. The van der Waals surface area contributed by atoms with Gasteiger partial charge in [-0.1, -0.05) is 16.8 Å². The van der Waals surface area contributed by atoms with Crippen molar-refractivity contribution in [2.24, 2.45) is 0 Å². The van der Waals surface area contributed by atoms with Crippen molar-refractivity contribution in [2.45, 2.75) is 13.8 Å². The maximum atomic E-state index is 14.2. The van der Waals surface area contributed by atoms with Gasteiger partial charge in [-0.15, -0.1) is 5.10 Å². The molecule has 2 aromatic carbocycles. The lowest BCUT2D eigenvalue weighted by molar-refractivity contribution is 0.0917. The third-order valence-electron chi connectivity index (χ3n) is 6.49. The molecular weight excluding hydrogens is 527 g/mol. The van der Waals surface area contributed by atoms with Crippen LogP contribution in [0.2, 0.25) is 5.02 Å². The summed E-state index contributed by atoms with van der Waals surface area (Å²) < 4.78 is 20.9. The first kappa shape index (κ1) is 28.3. The molecule has 0 spiro atoms. The van der Waals surface area contributed by atoms with E-state index in [4.69, 9.17) is 22.1 Å². The van der Waals surface area contributed by atoms with Gasteiger partial charge in [0.05, 0.1) is 46.1 Å². The molecule has 0 atom stereocenters. The molecule has 0 saturated carbocycles. The fraction of sp³-hybridized carbons (Fsp3) is 0.385. The number of likely N-dealkylation sites (N-methyl/N-ethyl adjacent to an activating group) is 1. The number of rotatable bonds is 9. The second-order valence-electron chi connectivity index (χ2n) is 9.21. The zero-order chi connectivity index (χ0) is 28.1. The lowest BCUT2D eigenvalue weighted by Crippen LogP contribution is -2.44. The van der Waals surface area contributed by atoms with Gasteiger partial charge in [-0.25, -0.2) is 9.07 Å². The summed E-state index contributed by atoms with van der Waals surface area (Å²) in [6.07, 6.45) is 1.51. The number of hydrogen-bond acceptors (Lipinski definition) is 8. The van der Waals surface area contributed by atoms with Gasteiger partial charge in [0.2, 0.25) is 0 Å². The largest absolute Gasteiger partial charge is 0.396 e. The summed E-state index contributed by atoms with van der Waals surface area (Å²) in [5.74, 6) is -1.56. The normalized spacial score (nSPS) is 13.9. The number of nitrogen functional groups attached to an aromatic ring is 1. The quantitative estimate of drug-likeness (QED) is 0.270. The van der Waals surface area contributed by atoms with Crippen LogP contribution in [-0.4, -0.2) is 84.7 Å². The summed E-state index contributed by atoms with van der Waals surface area (Å²) in [6.45, 7) is 7.91. The number of piperazine rings is 1. The predicted octanol–water partition coefficient (Wildman–Crippen LogP) is 2.72. The molecule has 0 unspecified atom stereocenters. The Morgan fingerprint density at radius 2 is 1.92 bits per heavy atom. The molecule has 0 bridgehead atoms. The van der Waals surface area contributed by atoms with Crippen molar-refractivity contribution < 1.29 is 18.7 Å². The van der Waals surface area contributed by atoms with E-state index < -0.39 is 11.7 Å². The number of halogens is 2. The number of nitrogens with two attached hydrogens (primary N) is 1. The van der Waals surface area contributed by atoms with Gasteiger partial charge in [-0.2, -0.15) is 0 Å². The average molecular weight is 559 g/mol. The molecule has 11 nitrogen and oxygen atoms in total. The molecule has 208 valence electrons. The van der Waals surface area contributed by atoms with E-state index in [-0.39, 0.29) is 33.4 Å². The molecule has 0 aliphatic carbocycles. The molecular formula is C26H32ClFN8O3. The van der Waals surface area contributed by atoms with Gasteiger partial charge >= 0.3 is 0 Å². The van der Waals surface area contributed by atoms with Crippen LogP contribution in [0.1, 0.15) is 33.3 Å². The molecule has 2 amide bonds. The van der Waals surface area contributed by atoms with Crippen molar-refractivity contribution in [1.82, 2.24) is 25.2 Å². The van der Waals surface area contributed by atoms with Crippen LogP contribution in [0.25, 0.3) is 5.69 Å². The van der Waals surface area contributed by atoms with Gasteiger partial charge in [0, 0.05) is 44.9 Å². The van der Waals surface area contributed by atoms with Gasteiger partial charge in [-0.3, -0.25) is 9.59 Å². The van der Waals surface area contributed by atoms with Gasteiger partial charge in [0.15, 0.2) is 11.5 Å². The number of aromatic nitrogens is 3. The highest BCUT2D eigenvalue weighted by Gasteiger charge is 2.22. The molecule has 1 aliphatic rings. The molecule has 4 rings (SSSR count). The van der Waals surface area contributed by atoms with Crippen molar-refractivity contribution in [1.29, 1.82) is 0 Å². The van der Waals surface area contributed by atoms with Crippen LogP contribution in [0.4, 0.5) is 21.5 Å². The summed E-state index contributed by atoms with van der Waals surface area (Å²) in [5.41, 5.74) is 7.79. The van der Waals surface area contributed by atoms with Crippen LogP contribution in [0.3, 0.4) is 0 Å². The summed E-state index contributed by atoms with van der Waals surface area (Å²) in [5, 5.41) is 13.7. The lowest BCUT2D eigenvalue weighted by Gasteiger charge is -2.35. The molecule has 39 heavy (non-hydrogen) atoms. The number of carbonyl (C=O) groups excluding carboxylic acids is 2. The third-order valence-corrected chi connectivity index (χ3v) is 6.98. The van der Waals surface area contributed by atoms with E-state index in [0.29, 0.717) is 31.1 Å². The minimum absolute atomic E-state index is 0.00670. The highest BCUT2D eigenvalue weighted by atomic mass is 35.5. The zero-order valence-electron chi connectivity index (χ0n) is 22.1. The monoisotopic (exact) mass is 558 g/mol. The van der Waals surface area contributed by atoms with Crippen molar-refractivity contribution in [2.75, 3.05) is 68.9 Å². The SMILES string of the molecule is CCOCCNC(=O)c1cn(-c2ccc(N3CCN(C)CC3)c(NC(=O)c3cc(N)c(F)c(C)c3Cl)c2)nn1. The maximum absolute atomic E-state index is 14.2. The molecule has 1 aromatic heterocycles.